The molecule has 3 heterocycles. The summed E-state index contributed by atoms with van der Waals surface area (Å²) in [5, 5.41) is 3.89. The van der Waals surface area contributed by atoms with E-state index in [-0.39, 0.29) is 42.8 Å². The fourth-order valence-electron chi connectivity index (χ4n) is 6.00. The second-order valence-electron chi connectivity index (χ2n) is 11.5. The Kier molecular flexibility index (Phi) is 10.7. The maximum atomic E-state index is 13.5. The number of para-hydroxylation sites is 1. The molecule has 10 heteroatoms. The second kappa shape index (κ2) is 14.8. The van der Waals surface area contributed by atoms with E-state index < -0.39 is 12.1 Å². The average molecular weight is 664 g/mol. The number of ether oxygens (including phenoxy) is 1. The Hall–Kier alpha value is -3.76. The number of carbonyl (C=O) groups excluding carboxylic acids is 3. The van der Waals surface area contributed by atoms with Crippen molar-refractivity contribution in [3.05, 3.63) is 88.2 Å². The summed E-state index contributed by atoms with van der Waals surface area (Å²) in [4.78, 5) is 51.8. The topological polar surface area (TPSA) is 110 Å². The number of rotatable bonds is 11. The predicted molar refractivity (Wildman–Crippen MR) is 172 cm³/mol. The summed E-state index contributed by atoms with van der Waals surface area (Å²) < 4.78 is 6.43. The number of halogens is 1. The molecule has 0 radical (unpaired) electrons. The number of fused-ring (bicyclic) bond motifs is 1. The van der Waals surface area contributed by atoms with Gasteiger partial charge in [0.1, 0.15) is 23.4 Å². The van der Waals surface area contributed by atoms with Gasteiger partial charge in [0.15, 0.2) is 5.78 Å². The lowest BCUT2D eigenvalue weighted by Gasteiger charge is -2.24. The van der Waals surface area contributed by atoms with Crippen LogP contribution in [0.2, 0.25) is 0 Å². The molecule has 1 aromatic heterocycles. The number of allylic oxidation sites excluding steroid dienone is 6. The molecule has 5 rings (SSSR count). The molecule has 0 saturated carbocycles. The molecule has 4 atom stereocenters. The Morgan fingerprint density at radius 1 is 1.25 bits per heavy atom. The normalized spacial score (nSPS) is 22.0. The van der Waals surface area contributed by atoms with Crippen molar-refractivity contribution >= 4 is 44.6 Å². The van der Waals surface area contributed by atoms with Crippen molar-refractivity contribution in [2.75, 3.05) is 13.1 Å². The van der Waals surface area contributed by atoms with Crippen molar-refractivity contribution < 1.29 is 24.0 Å². The molecule has 2 amide bonds. The van der Waals surface area contributed by atoms with Gasteiger partial charge in [-0.2, -0.15) is 0 Å². The van der Waals surface area contributed by atoms with Crippen LogP contribution < -0.4 is 10.8 Å². The molecule has 3 aliphatic rings. The molecule has 0 bridgehead atoms. The number of carbonyl (C=O) groups is 3. The van der Waals surface area contributed by atoms with Crippen molar-refractivity contribution in [2.24, 2.45) is 11.8 Å². The summed E-state index contributed by atoms with van der Waals surface area (Å²) in [5.74, 6) is -0.216. The smallest absolute Gasteiger partial charge is 0.410 e. The number of nitrogens with one attached hydrogen (secondary N) is 2. The third kappa shape index (κ3) is 7.84. The molecular formula is C34H39BrN4O5. The molecular weight excluding hydrogens is 624 g/mol. The number of hydrogen-bond donors (Lipinski definition) is 2. The number of hydrogen-bond acceptors (Lipinski definition) is 7. The molecule has 2 aliphatic heterocycles. The van der Waals surface area contributed by atoms with E-state index in [1.807, 2.05) is 54.6 Å². The van der Waals surface area contributed by atoms with Crippen molar-refractivity contribution in [1.82, 2.24) is 20.7 Å². The van der Waals surface area contributed by atoms with Crippen LogP contribution in [0, 0.1) is 11.8 Å². The standard InChI is InChI=1S/C34H39BrN4O5/c1-3-22-9-5-6-11-26(13-22)31(40)16-24(4-2)27-15-30(33(41)37-19-28-17-32(35)38-44-28)39(20-27)34(42)43-21-23-14-25-10-7-8-12-29(25)36-18-23/h5-8,10-14,17-18,24,27-28,30,38H,3-4,9,15-16,19-21H2,1-2H3,(H,37,41). The maximum Gasteiger partial charge on any atom is 0.410 e. The van der Waals surface area contributed by atoms with Crippen LogP contribution in [-0.4, -0.2) is 52.9 Å². The second-order valence-corrected chi connectivity index (χ2v) is 12.3. The van der Waals surface area contributed by atoms with Crippen LogP contribution >= 0.6 is 15.9 Å². The summed E-state index contributed by atoms with van der Waals surface area (Å²) in [7, 11) is 0. The number of hydroxylamine groups is 1. The molecule has 9 nitrogen and oxygen atoms in total. The minimum absolute atomic E-state index is 0.00755. The highest BCUT2D eigenvalue weighted by Gasteiger charge is 2.43. The van der Waals surface area contributed by atoms with Crippen LogP contribution in [0.15, 0.2) is 82.7 Å². The van der Waals surface area contributed by atoms with E-state index in [4.69, 9.17) is 9.57 Å². The summed E-state index contributed by atoms with van der Waals surface area (Å²) in [5.41, 5.74) is 6.28. The Bertz CT molecular complexity index is 1520. The summed E-state index contributed by atoms with van der Waals surface area (Å²) in [6.45, 7) is 4.78. The molecule has 232 valence electrons. The minimum Gasteiger partial charge on any atom is -0.444 e. The predicted octanol–water partition coefficient (Wildman–Crippen LogP) is 6.03. The third-order valence-electron chi connectivity index (χ3n) is 8.56. The number of ketones is 1. The van der Waals surface area contributed by atoms with E-state index in [0.717, 1.165) is 35.7 Å². The van der Waals surface area contributed by atoms with Gasteiger partial charge in [-0.05, 0) is 65.2 Å². The van der Waals surface area contributed by atoms with Gasteiger partial charge in [-0.1, -0.05) is 68.3 Å². The van der Waals surface area contributed by atoms with Crippen LogP contribution in [-0.2, 0) is 25.8 Å². The van der Waals surface area contributed by atoms with Gasteiger partial charge in [0.2, 0.25) is 5.91 Å². The molecule has 1 saturated heterocycles. The van der Waals surface area contributed by atoms with Crippen LogP contribution in [0.25, 0.3) is 10.9 Å². The highest BCUT2D eigenvalue weighted by Crippen LogP contribution is 2.35. The zero-order valence-corrected chi connectivity index (χ0v) is 26.7. The lowest BCUT2D eigenvalue weighted by Crippen LogP contribution is -2.47. The summed E-state index contributed by atoms with van der Waals surface area (Å²) in [6.07, 6.45) is 13.8. The lowest BCUT2D eigenvalue weighted by molar-refractivity contribution is -0.125. The first-order valence-electron chi connectivity index (χ1n) is 15.3. The molecule has 0 spiro atoms. The Morgan fingerprint density at radius 2 is 2.09 bits per heavy atom. The van der Waals surface area contributed by atoms with Gasteiger partial charge in [-0.15, -0.1) is 0 Å². The SMILES string of the molecule is CCC1=CC(C(=O)CC(CC)C2CC(C(=O)NCC3C=C(Br)NO3)N(C(=O)OCc3cnc4ccccc4c3)C2)=CC=CC1. The zero-order chi connectivity index (χ0) is 31.1. The van der Waals surface area contributed by atoms with Gasteiger partial charge in [0, 0.05) is 35.7 Å². The largest absolute Gasteiger partial charge is 0.444 e. The molecule has 44 heavy (non-hydrogen) atoms. The van der Waals surface area contributed by atoms with Gasteiger partial charge in [-0.3, -0.25) is 29.8 Å². The number of benzene rings is 1. The molecule has 4 unspecified atom stereocenters. The van der Waals surface area contributed by atoms with Gasteiger partial charge in [0.25, 0.3) is 0 Å². The van der Waals surface area contributed by atoms with Crippen LogP contribution in [0.5, 0.6) is 0 Å². The molecule has 1 aromatic carbocycles. The molecule has 2 aromatic rings. The van der Waals surface area contributed by atoms with Gasteiger partial charge < -0.3 is 10.1 Å². The van der Waals surface area contributed by atoms with Crippen molar-refractivity contribution in [3.63, 3.8) is 0 Å². The number of amides is 2. The van der Waals surface area contributed by atoms with E-state index >= 15 is 0 Å². The summed E-state index contributed by atoms with van der Waals surface area (Å²) >= 11 is 3.32. The Morgan fingerprint density at radius 3 is 2.86 bits per heavy atom. The van der Waals surface area contributed by atoms with Crippen molar-refractivity contribution in [2.45, 2.75) is 64.7 Å². The highest BCUT2D eigenvalue weighted by molar-refractivity contribution is 9.11. The van der Waals surface area contributed by atoms with E-state index in [9.17, 15) is 14.4 Å². The fourth-order valence-corrected chi connectivity index (χ4v) is 6.39. The quantitative estimate of drug-likeness (QED) is 0.283. The van der Waals surface area contributed by atoms with Crippen molar-refractivity contribution in [1.29, 1.82) is 0 Å². The third-order valence-corrected chi connectivity index (χ3v) is 8.99. The average Bonchev–Trinajstić information content (AvgIpc) is 3.60. The van der Waals surface area contributed by atoms with Crippen LogP contribution in [0.3, 0.4) is 0 Å². The number of aromatic nitrogens is 1. The number of Topliss-reactive ketones (excluding diaryl/α,β-unsaturated/α-hetero) is 1. The van der Waals surface area contributed by atoms with Gasteiger partial charge in [0.05, 0.1) is 12.1 Å². The van der Waals surface area contributed by atoms with Crippen molar-refractivity contribution in [3.8, 4) is 0 Å². The van der Waals surface area contributed by atoms with Crippen LogP contribution in [0.1, 0.15) is 51.5 Å². The highest BCUT2D eigenvalue weighted by atomic mass is 79.9. The fraction of sp³-hybridized carbons (Fsp3) is 0.412. The minimum atomic E-state index is -0.722. The van der Waals surface area contributed by atoms with Gasteiger partial charge >= 0.3 is 6.09 Å². The number of nitrogens with zero attached hydrogens (tertiary/aromatic N) is 2. The molecule has 1 fully saturated rings. The molecule has 1 aliphatic carbocycles. The molecule has 2 N–H and O–H groups in total. The van der Waals surface area contributed by atoms with E-state index in [1.54, 1.807) is 6.20 Å². The van der Waals surface area contributed by atoms with E-state index in [2.05, 4.69) is 51.6 Å². The van der Waals surface area contributed by atoms with E-state index in [1.165, 1.54) is 10.5 Å². The Balaban J connectivity index is 1.28. The number of likely N-dealkylation sites (tertiary alicyclic amines) is 1. The Labute approximate surface area is 266 Å². The van der Waals surface area contributed by atoms with Gasteiger partial charge in [-0.25, -0.2) is 4.79 Å². The first kappa shape index (κ1) is 31.7. The number of pyridine rings is 1. The monoisotopic (exact) mass is 662 g/mol. The lowest BCUT2D eigenvalue weighted by atomic mass is 9.83. The first-order chi connectivity index (χ1) is 21.3. The van der Waals surface area contributed by atoms with E-state index in [0.29, 0.717) is 29.6 Å². The summed E-state index contributed by atoms with van der Waals surface area (Å²) in [6, 6.07) is 8.97. The maximum absolute atomic E-state index is 13.5. The first-order valence-corrected chi connectivity index (χ1v) is 16.1. The zero-order valence-electron chi connectivity index (χ0n) is 25.1. The van der Waals surface area contributed by atoms with Crippen LogP contribution in [0.4, 0.5) is 4.79 Å².